The second-order valence-corrected chi connectivity index (χ2v) is 9.29. The van der Waals surface area contributed by atoms with Gasteiger partial charge in [0.25, 0.3) is 0 Å². The fourth-order valence-corrected chi connectivity index (χ4v) is 5.42. The van der Waals surface area contributed by atoms with Crippen molar-refractivity contribution in [3.8, 4) is 0 Å². The highest BCUT2D eigenvalue weighted by atomic mass is 35.5. The summed E-state index contributed by atoms with van der Waals surface area (Å²) in [6.45, 7) is 2.15. The van der Waals surface area contributed by atoms with Gasteiger partial charge < -0.3 is 9.88 Å². The fourth-order valence-electron chi connectivity index (χ4n) is 5.25. The molecule has 0 bridgehead atoms. The number of nitrogens with one attached hydrogen (secondary N) is 1. The van der Waals surface area contributed by atoms with Crippen molar-refractivity contribution < 1.29 is 0 Å². The minimum absolute atomic E-state index is 0.637. The smallest absolute Gasteiger partial charge is 0.0501 e. The van der Waals surface area contributed by atoms with Crippen molar-refractivity contribution in [1.29, 1.82) is 0 Å². The molecule has 0 spiro atoms. The van der Waals surface area contributed by atoms with Crippen molar-refractivity contribution in [2.75, 3.05) is 6.54 Å². The average molecular weight is 387 g/mol. The Labute approximate surface area is 169 Å². The Morgan fingerprint density at radius 1 is 0.889 bits per heavy atom. The molecule has 0 amide bonds. The van der Waals surface area contributed by atoms with Gasteiger partial charge in [0.15, 0.2) is 0 Å². The van der Waals surface area contributed by atoms with Crippen molar-refractivity contribution in [2.45, 2.75) is 89.6 Å². The summed E-state index contributed by atoms with van der Waals surface area (Å²) < 4.78 is 2.56. The summed E-state index contributed by atoms with van der Waals surface area (Å²) in [6, 6.07) is 7.10. The van der Waals surface area contributed by atoms with Gasteiger partial charge in [-0.1, -0.05) is 69.0 Å². The van der Waals surface area contributed by atoms with E-state index < -0.39 is 0 Å². The molecule has 2 fully saturated rings. The molecule has 2 aliphatic rings. The van der Waals surface area contributed by atoms with Crippen LogP contribution in [0.1, 0.15) is 88.7 Å². The van der Waals surface area contributed by atoms with Gasteiger partial charge in [0.2, 0.25) is 0 Å². The predicted molar refractivity (Wildman–Crippen MR) is 117 cm³/mol. The molecule has 2 aliphatic carbocycles. The molecule has 3 heteroatoms. The monoisotopic (exact) mass is 386 g/mol. The standard InChI is InChI=1S/C24H35ClN2/c25-21-13-14-23-20(17-26-16-19-9-5-4-6-10-19)18-27(24(23)15-21)22-11-7-2-1-3-8-12-22/h13-15,18-19,22,26H,1-12,16-17H2. The van der Waals surface area contributed by atoms with Crippen LogP contribution in [0.2, 0.25) is 5.02 Å². The molecule has 4 rings (SSSR count). The molecule has 1 aromatic carbocycles. The lowest BCUT2D eigenvalue weighted by Crippen LogP contribution is -2.24. The zero-order chi connectivity index (χ0) is 18.5. The Balaban J connectivity index is 1.51. The molecule has 0 radical (unpaired) electrons. The maximum atomic E-state index is 6.37. The number of nitrogens with zero attached hydrogens (tertiary/aromatic N) is 1. The van der Waals surface area contributed by atoms with Gasteiger partial charge in [-0.2, -0.15) is 0 Å². The number of halogens is 1. The third-order valence-corrected chi connectivity index (χ3v) is 7.06. The maximum absolute atomic E-state index is 6.37. The van der Waals surface area contributed by atoms with Crippen molar-refractivity contribution in [1.82, 2.24) is 9.88 Å². The first-order valence-corrected chi connectivity index (χ1v) is 11.7. The number of rotatable bonds is 5. The maximum Gasteiger partial charge on any atom is 0.0501 e. The van der Waals surface area contributed by atoms with Crippen LogP contribution in [-0.2, 0) is 6.54 Å². The lowest BCUT2D eigenvalue weighted by atomic mass is 9.89. The molecule has 1 aromatic heterocycles. The predicted octanol–water partition coefficient (Wildman–Crippen LogP) is 7.25. The Hall–Kier alpha value is -0.990. The minimum atomic E-state index is 0.637. The van der Waals surface area contributed by atoms with Gasteiger partial charge in [0.1, 0.15) is 0 Å². The van der Waals surface area contributed by atoms with Crippen LogP contribution in [0.3, 0.4) is 0 Å². The van der Waals surface area contributed by atoms with Crippen molar-refractivity contribution >= 4 is 22.5 Å². The summed E-state index contributed by atoms with van der Waals surface area (Å²) in [5.74, 6) is 0.882. The molecule has 1 heterocycles. The van der Waals surface area contributed by atoms with Crippen molar-refractivity contribution in [2.24, 2.45) is 5.92 Å². The number of fused-ring (bicyclic) bond motifs is 1. The molecule has 0 aliphatic heterocycles. The summed E-state index contributed by atoms with van der Waals surface area (Å²) in [5.41, 5.74) is 2.78. The minimum Gasteiger partial charge on any atom is -0.344 e. The van der Waals surface area contributed by atoms with E-state index in [4.69, 9.17) is 11.6 Å². The molecule has 2 aromatic rings. The van der Waals surface area contributed by atoms with Crippen LogP contribution in [0.25, 0.3) is 10.9 Å². The summed E-state index contributed by atoms with van der Waals surface area (Å²) in [5, 5.41) is 6.01. The number of hydrogen-bond donors (Lipinski definition) is 1. The number of aromatic nitrogens is 1. The van der Waals surface area contributed by atoms with E-state index in [9.17, 15) is 0 Å². The number of hydrogen-bond acceptors (Lipinski definition) is 1. The van der Waals surface area contributed by atoms with E-state index in [0.717, 1.165) is 17.5 Å². The van der Waals surface area contributed by atoms with Crippen LogP contribution < -0.4 is 5.32 Å². The van der Waals surface area contributed by atoms with E-state index in [2.05, 4.69) is 34.3 Å². The first-order chi connectivity index (χ1) is 13.3. The summed E-state index contributed by atoms with van der Waals surface area (Å²) >= 11 is 6.37. The van der Waals surface area contributed by atoms with Gasteiger partial charge in [-0.15, -0.1) is 0 Å². The highest BCUT2D eigenvalue weighted by Gasteiger charge is 2.18. The summed E-state index contributed by atoms with van der Waals surface area (Å²) in [6.07, 6.45) is 19.1. The van der Waals surface area contributed by atoms with Crippen LogP contribution >= 0.6 is 11.6 Å². The van der Waals surface area contributed by atoms with Crippen LogP contribution in [0.15, 0.2) is 24.4 Å². The second kappa shape index (κ2) is 9.47. The lowest BCUT2D eigenvalue weighted by molar-refractivity contribution is 0.342. The largest absolute Gasteiger partial charge is 0.344 e. The Morgan fingerprint density at radius 2 is 1.56 bits per heavy atom. The van der Waals surface area contributed by atoms with Crippen LogP contribution in [-0.4, -0.2) is 11.1 Å². The summed E-state index contributed by atoms with van der Waals surface area (Å²) in [4.78, 5) is 0. The average Bonchev–Trinajstić information content (AvgIpc) is 3.00. The van der Waals surface area contributed by atoms with E-state index >= 15 is 0 Å². The topological polar surface area (TPSA) is 17.0 Å². The fraction of sp³-hybridized carbons (Fsp3) is 0.667. The SMILES string of the molecule is Clc1ccc2c(CNCC3CCCCC3)cn(C3CCCCCCC3)c2c1. The van der Waals surface area contributed by atoms with E-state index in [0.29, 0.717) is 6.04 Å². The second-order valence-electron chi connectivity index (χ2n) is 8.86. The molecule has 0 atom stereocenters. The van der Waals surface area contributed by atoms with Gasteiger partial charge in [-0.25, -0.2) is 0 Å². The van der Waals surface area contributed by atoms with E-state index in [1.54, 1.807) is 0 Å². The first kappa shape index (κ1) is 19.3. The molecule has 2 nitrogen and oxygen atoms in total. The van der Waals surface area contributed by atoms with Crippen molar-refractivity contribution in [3.63, 3.8) is 0 Å². The van der Waals surface area contributed by atoms with E-state index in [1.807, 2.05) is 0 Å². The highest BCUT2D eigenvalue weighted by Crippen LogP contribution is 2.33. The highest BCUT2D eigenvalue weighted by molar-refractivity contribution is 6.31. The zero-order valence-electron chi connectivity index (χ0n) is 16.7. The van der Waals surface area contributed by atoms with Gasteiger partial charge >= 0.3 is 0 Å². The Bertz CT molecular complexity index is 721. The molecule has 2 saturated carbocycles. The van der Waals surface area contributed by atoms with Gasteiger partial charge in [-0.3, -0.25) is 0 Å². The molecule has 148 valence electrons. The van der Waals surface area contributed by atoms with Gasteiger partial charge in [-0.05, 0) is 55.8 Å². The van der Waals surface area contributed by atoms with Crippen LogP contribution in [0.5, 0.6) is 0 Å². The molecule has 0 unspecified atom stereocenters. The van der Waals surface area contributed by atoms with Crippen molar-refractivity contribution in [3.05, 3.63) is 35.0 Å². The quantitative estimate of drug-likeness (QED) is 0.572. The Morgan fingerprint density at radius 3 is 2.33 bits per heavy atom. The Kier molecular flexibility index (Phi) is 6.78. The molecular formula is C24H35ClN2. The first-order valence-electron chi connectivity index (χ1n) is 11.3. The third kappa shape index (κ3) is 4.90. The van der Waals surface area contributed by atoms with Gasteiger partial charge in [0, 0.05) is 29.2 Å². The normalized spacial score (nSPS) is 20.6. The zero-order valence-corrected chi connectivity index (χ0v) is 17.4. The molecular weight excluding hydrogens is 352 g/mol. The van der Waals surface area contributed by atoms with Gasteiger partial charge in [0.05, 0.1) is 5.52 Å². The van der Waals surface area contributed by atoms with Crippen LogP contribution in [0, 0.1) is 5.92 Å². The lowest BCUT2D eigenvalue weighted by Gasteiger charge is -2.22. The van der Waals surface area contributed by atoms with Crippen LogP contribution in [0.4, 0.5) is 0 Å². The summed E-state index contributed by atoms with van der Waals surface area (Å²) in [7, 11) is 0. The molecule has 27 heavy (non-hydrogen) atoms. The third-order valence-electron chi connectivity index (χ3n) is 6.82. The van der Waals surface area contributed by atoms with E-state index in [-0.39, 0.29) is 0 Å². The van der Waals surface area contributed by atoms with E-state index in [1.165, 1.54) is 100 Å². The number of benzene rings is 1. The molecule has 0 saturated heterocycles. The molecule has 1 N–H and O–H groups in total.